The summed E-state index contributed by atoms with van der Waals surface area (Å²) in [7, 11) is -4.05. The van der Waals surface area contributed by atoms with Crippen molar-refractivity contribution in [1.29, 1.82) is 0 Å². The molecule has 1 aromatic heterocycles. The van der Waals surface area contributed by atoms with E-state index in [1.54, 1.807) is 30.5 Å². The smallest absolute Gasteiger partial charge is 0.322 e. The number of pyridine rings is 1. The lowest BCUT2D eigenvalue weighted by molar-refractivity contribution is -0.264. The molecule has 6 rings (SSSR count). The number of benzene rings is 2. The van der Waals surface area contributed by atoms with Gasteiger partial charge >= 0.3 is 12.0 Å². The fraction of sp³-hybridized carbons (Fsp3) is 0.394. The zero-order chi connectivity index (χ0) is 31.3. The van der Waals surface area contributed by atoms with Gasteiger partial charge in [0, 0.05) is 18.3 Å². The molecule has 3 unspecified atom stereocenters. The van der Waals surface area contributed by atoms with Gasteiger partial charge in [-0.2, -0.15) is 0 Å². The van der Waals surface area contributed by atoms with Gasteiger partial charge in [-0.3, -0.25) is 14.6 Å². The predicted molar refractivity (Wildman–Crippen MR) is 165 cm³/mol. The van der Waals surface area contributed by atoms with Gasteiger partial charge in [-0.15, -0.1) is 0 Å². The first kappa shape index (κ1) is 30.0. The number of ketones is 1. The number of rotatable bonds is 11. The Morgan fingerprint density at radius 2 is 1.82 bits per heavy atom. The number of sulfonamides is 1. The van der Waals surface area contributed by atoms with Gasteiger partial charge in [-0.25, -0.2) is 17.9 Å². The van der Waals surface area contributed by atoms with Crippen molar-refractivity contribution in [2.75, 3.05) is 11.1 Å². The van der Waals surface area contributed by atoms with Crippen LogP contribution in [0.4, 0.5) is 10.5 Å². The predicted octanol–water partition coefficient (Wildman–Crippen LogP) is 4.38. The lowest BCUT2D eigenvalue weighted by Crippen LogP contribution is -2.73. The third-order valence-corrected chi connectivity index (χ3v) is 12.0. The maximum atomic E-state index is 13.3. The number of anilines is 1. The molecule has 3 fully saturated rings. The van der Waals surface area contributed by atoms with Crippen LogP contribution in [-0.2, 0) is 32.6 Å². The highest BCUT2D eigenvalue weighted by Gasteiger charge is 2.84. The summed E-state index contributed by atoms with van der Waals surface area (Å²) < 4.78 is 29.0. The molecule has 10 nitrogen and oxygen atoms in total. The Labute approximate surface area is 256 Å². The molecule has 0 saturated heterocycles. The summed E-state index contributed by atoms with van der Waals surface area (Å²) in [5.41, 5.74) is 2.38. The number of nitrogens with zero attached hydrogens (tertiary/aromatic N) is 1. The molecular formula is C33H36N4O6S. The standard InChI is InChI=1S/C33H36N4O6S/c1-31-17-24-16-28(38)33(19-31,32(24,31)2)20-44(42,43)37-27(29(39)40)14-21-9-11-22(12-10-21)23-6-5-8-25(15-23)36-30(41)35-18-26-7-3-4-13-34-26/h3-13,15,24,27,37H,14,16-20H2,1-2H3,(H,39,40)(H2,35,36,41)/t24-,27?,31?,32?,33+/m0/s1. The maximum absolute atomic E-state index is 13.3. The minimum absolute atomic E-state index is 0.00260. The number of urea groups is 1. The van der Waals surface area contributed by atoms with E-state index in [4.69, 9.17) is 0 Å². The van der Waals surface area contributed by atoms with Gasteiger partial charge in [0.05, 0.1) is 23.4 Å². The largest absolute Gasteiger partial charge is 0.480 e. The summed E-state index contributed by atoms with van der Waals surface area (Å²) >= 11 is 0. The first-order valence-electron chi connectivity index (χ1n) is 14.7. The van der Waals surface area contributed by atoms with Crippen molar-refractivity contribution in [3.8, 4) is 11.1 Å². The topological polar surface area (TPSA) is 155 Å². The van der Waals surface area contributed by atoms with E-state index < -0.39 is 27.4 Å². The fourth-order valence-electron chi connectivity index (χ4n) is 8.11. The van der Waals surface area contributed by atoms with Crippen molar-refractivity contribution in [2.45, 2.75) is 52.1 Å². The van der Waals surface area contributed by atoms with Crippen LogP contribution >= 0.6 is 0 Å². The van der Waals surface area contributed by atoms with E-state index in [1.807, 2.05) is 49.4 Å². The minimum Gasteiger partial charge on any atom is -0.480 e. The molecule has 0 aliphatic heterocycles. The second kappa shape index (κ2) is 10.8. The SMILES string of the molecule is CC12C[C@@H]3CC(=O)[C@](CS(=O)(=O)NC(Cc4ccc(-c5cccc(NC(=O)NCc6ccccn6)c5)cc4)C(=O)O)(C1)C32C. The second-order valence-electron chi connectivity index (χ2n) is 12.9. The molecule has 11 heteroatoms. The normalized spacial score (nSPS) is 27.4. The van der Waals surface area contributed by atoms with Crippen LogP contribution in [0.25, 0.3) is 11.1 Å². The van der Waals surface area contributed by atoms with E-state index in [-0.39, 0.29) is 40.7 Å². The van der Waals surface area contributed by atoms with Crippen LogP contribution in [0, 0.1) is 22.2 Å². The molecule has 0 bridgehead atoms. The van der Waals surface area contributed by atoms with Gasteiger partial charge in [-0.1, -0.05) is 56.3 Å². The molecule has 3 aromatic rings. The Kier molecular flexibility index (Phi) is 7.36. The summed E-state index contributed by atoms with van der Waals surface area (Å²) in [6.07, 6.45) is 3.51. The van der Waals surface area contributed by atoms with Gasteiger partial charge in [0.15, 0.2) is 0 Å². The molecule has 44 heavy (non-hydrogen) atoms. The van der Waals surface area contributed by atoms with E-state index >= 15 is 0 Å². The van der Waals surface area contributed by atoms with Crippen LogP contribution in [0.2, 0.25) is 0 Å². The highest BCUT2D eigenvalue weighted by Crippen LogP contribution is 2.85. The van der Waals surface area contributed by atoms with Crippen molar-refractivity contribution in [3.63, 3.8) is 0 Å². The number of aromatic nitrogens is 1. The molecule has 2 amide bonds. The lowest BCUT2D eigenvalue weighted by atomic mass is 9.28. The molecule has 4 N–H and O–H groups in total. The Bertz CT molecular complexity index is 1730. The molecule has 3 aliphatic carbocycles. The molecule has 1 heterocycles. The van der Waals surface area contributed by atoms with Crippen molar-refractivity contribution in [2.24, 2.45) is 22.2 Å². The monoisotopic (exact) mass is 616 g/mol. The average molecular weight is 617 g/mol. The van der Waals surface area contributed by atoms with Gasteiger partial charge in [0.25, 0.3) is 0 Å². The zero-order valence-electron chi connectivity index (χ0n) is 24.7. The number of carboxylic acid groups (broad SMARTS) is 1. The summed E-state index contributed by atoms with van der Waals surface area (Å²) in [6, 6.07) is 18.2. The summed E-state index contributed by atoms with van der Waals surface area (Å²) in [6.45, 7) is 4.45. The van der Waals surface area contributed by atoms with Crippen LogP contribution < -0.4 is 15.4 Å². The Morgan fingerprint density at radius 1 is 1.05 bits per heavy atom. The van der Waals surface area contributed by atoms with Crippen molar-refractivity contribution < 1.29 is 27.9 Å². The summed E-state index contributed by atoms with van der Waals surface area (Å²) in [4.78, 5) is 41.7. The molecule has 3 saturated carbocycles. The van der Waals surface area contributed by atoms with Gasteiger partial charge in [0.2, 0.25) is 10.0 Å². The number of carbonyl (C=O) groups excluding carboxylic acids is 2. The van der Waals surface area contributed by atoms with Crippen LogP contribution in [0.15, 0.2) is 72.9 Å². The van der Waals surface area contributed by atoms with Crippen LogP contribution in [-0.4, -0.2) is 48.1 Å². The fourth-order valence-corrected chi connectivity index (χ4v) is 10.0. The van der Waals surface area contributed by atoms with Gasteiger partial charge in [0.1, 0.15) is 11.8 Å². The molecule has 3 aliphatic rings. The molecule has 0 spiro atoms. The number of nitrogens with one attached hydrogen (secondary N) is 3. The van der Waals surface area contributed by atoms with Crippen molar-refractivity contribution in [3.05, 3.63) is 84.2 Å². The van der Waals surface area contributed by atoms with Crippen molar-refractivity contribution in [1.82, 2.24) is 15.0 Å². The Balaban J connectivity index is 1.08. The number of hydrogen-bond donors (Lipinski definition) is 4. The van der Waals surface area contributed by atoms with E-state index in [9.17, 15) is 27.9 Å². The molecular weight excluding hydrogens is 580 g/mol. The number of amides is 2. The van der Waals surface area contributed by atoms with E-state index in [2.05, 4.69) is 27.3 Å². The number of aliphatic carboxylic acids is 1. The van der Waals surface area contributed by atoms with E-state index in [1.165, 1.54) is 0 Å². The van der Waals surface area contributed by atoms with Crippen LogP contribution in [0.1, 0.15) is 44.4 Å². The summed E-state index contributed by atoms with van der Waals surface area (Å²) in [5.74, 6) is -1.43. The number of hydrogen-bond acceptors (Lipinski definition) is 6. The van der Waals surface area contributed by atoms with Crippen LogP contribution in [0.5, 0.6) is 0 Å². The average Bonchev–Trinajstić information content (AvgIpc) is 3.05. The van der Waals surface area contributed by atoms with E-state index in [0.29, 0.717) is 30.6 Å². The zero-order valence-corrected chi connectivity index (χ0v) is 25.5. The second-order valence-corrected chi connectivity index (χ2v) is 14.7. The highest BCUT2D eigenvalue weighted by molar-refractivity contribution is 7.89. The minimum atomic E-state index is -4.05. The third-order valence-electron chi connectivity index (χ3n) is 10.5. The third kappa shape index (κ3) is 5.07. The van der Waals surface area contributed by atoms with Crippen LogP contribution in [0.3, 0.4) is 0 Å². The Hall–Kier alpha value is -4.09. The maximum Gasteiger partial charge on any atom is 0.322 e. The summed E-state index contributed by atoms with van der Waals surface area (Å²) in [5, 5.41) is 15.5. The molecule has 230 valence electrons. The number of carbonyl (C=O) groups is 3. The van der Waals surface area contributed by atoms with E-state index in [0.717, 1.165) is 23.2 Å². The number of carboxylic acids is 1. The Morgan fingerprint density at radius 3 is 2.50 bits per heavy atom. The van der Waals surface area contributed by atoms with Crippen molar-refractivity contribution >= 4 is 33.5 Å². The van der Waals surface area contributed by atoms with Gasteiger partial charge in [-0.05, 0) is 77.0 Å². The van der Waals surface area contributed by atoms with Gasteiger partial charge < -0.3 is 15.7 Å². The lowest BCUT2D eigenvalue weighted by Gasteiger charge is -2.75. The molecule has 0 radical (unpaired) electrons. The first-order chi connectivity index (χ1) is 20.8. The molecule has 5 atom stereocenters. The molecule has 2 aromatic carbocycles. The highest BCUT2D eigenvalue weighted by atomic mass is 32.2. The number of Topliss-reactive ketones (excluding diaryl/α,β-unsaturated/α-hetero) is 1. The first-order valence-corrected chi connectivity index (χ1v) is 16.4. The quantitative estimate of drug-likeness (QED) is 0.249.